The predicted octanol–water partition coefficient (Wildman–Crippen LogP) is 7.47. The van der Waals surface area contributed by atoms with E-state index in [0.717, 1.165) is 42.0 Å². The van der Waals surface area contributed by atoms with Crippen LogP contribution in [-0.2, 0) is 4.74 Å². The Morgan fingerprint density at radius 1 is 0.474 bits per heavy atom. The molecule has 0 unspecified atom stereocenters. The molecule has 3 nitrogen and oxygen atoms in total. The minimum Gasteiger partial charge on any atom is -0.386 e. The first-order valence-electron chi connectivity index (χ1n) is 12.8. The predicted molar refractivity (Wildman–Crippen MR) is 161 cm³/mol. The molecule has 0 saturated carbocycles. The van der Waals surface area contributed by atoms with Crippen LogP contribution in [0.1, 0.15) is 65.2 Å². The van der Waals surface area contributed by atoms with Gasteiger partial charge in [-0.1, -0.05) is 104 Å². The smallest absolute Gasteiger partial charge is 0.346 e. The average Bonchev–Trinajstić information content (AvgIpc) is 2.81. The molecule has 0 aromatic heterocycles. The molecule has 0 aliphatic rings. The maximum absolute atomic E-state index is 12.4. The number of benzene rings is 4. The molecule has 196 valence electrons. The van der Waals surface area contributed by atoms with E-state index in [1.807, 2.05) is 65.8 Å². The number of esters is 2. The van der Waals surface area contributed by atoms with Gasteiger partial charge < -0.3 is 4.74 Å². The Kier molecular flexibility index (Phi) is 9.78. The average molecular weight is 525 g/mol. The van der Waals surface area contributed by atoms with Crippen molar-refractivity contribution in [3.8, 4) is 0 Å². The van der Waals surface area contributed by atoms with Gasteiger partial charge >= 0.3 is 11.9 Å². The van der Waals surface area contributed by atoms with E-state index in [2.05, 4.69) is 62.4 Å². The first kappa shape index (κ1) is 29.0. The minimum absolute atomic E-state index is 0.464. The van der Waals surface area contributed by atoms with Gasteiger partial charge in [0.1, 0.15) is 0 Å². The van der Waals surface area contributed by atoms with Crippen LogP contribution in [0.5, 0.6) is 0 Å². The van der Waals surface area contributed by atoms with Crippen molar-refractivity contribution in [3.63, 3.8) is 0 Å². The standard InChI is InChI=1S/C20H22O3.C14H15P/c1-11-7-13(3)17(14(4)8-11)19(21)23-20(22)18-15(5)9-12(2)10-16(18)6;1-11-3-7-13(8-4-11)15-14-9-5-12(2)6-10-14/h7-10H,1-6H3;3-10,15H,1-2H3. The quantitative estimate of drug-likeness (QED) is 0.158. The van der Waals surface area contributed by atoms with E-state index in [1.165, 1.54) is 21.7 Å². The SMILES string of the molecule is Cc1cc(C)c(C(=O)OC(=O)c2c(C)cc(C)cc2C)c(C)c1.Cc1ccc(Pc2ccc(C)cc2)cc1. The van der Waals surface area contributed by atoms with Gasteiger partial charge in [-0.2, -0.15) is 0 Å². The van der Waals surface area contributed by atoms with E-state index < -0.39 is 11.9 Å². The molecule has 0 spiro atoms. The summed E-state index contributed by atoms with van der Waals surface area (Å²) in [6.07, 6.45) is 0. The highest BCUT2D eigenvalue weighted by Crippen LogP contribution is 2.21. The van der Waals surface area contributed by atoms with Crippen molar-refractivity contribution in [2.24, 2.45) is 0 Å². The van der Waals surface area contributed by atoms with Crippen LogP contribution in [-0.4, -0.2) is 11.9 Å². The highest BCUT2D eigenvalue weighted by Gasteiger charge is 2.21. The summed E-state index contributed by atoms with van der Waals surface area (Å²) in [5, 5.41) is 2.81. The van der Waals surface area contributed by atoms with Gasteiger partial charge in [-0.05, 0) is 88.3 Å². The van der Waals surface area contributed by atoms with E-state index in [1.54, 1.807) is 0 Å². The molecule has 0 radical (unpaired) electrons. The van der Waals surface area contributed by atoms with E-state index in [0.29, 0.717) is 11.1 Å². The molecule has 0 atom stereocenters. The molecule has 4 heteroatoms. The molecule has 0 bridgehead atoms. The molecule has 38 heavy (non-hydrogen) atoms. The molecule has 4 rings (SSSR count). The molecular formula is C34H37O3P. The summed E-state index contributed by atoms with van der Waals surface area (Å²) < 4.78 is 5.15. The summed E-state index contributed by atoms with van der Waals surface area (Å²) in [5.74, 6) is -1.19. The lowest BCUT2D eigenvalue weighted by Gasteiger charge is -2.12. The lowest BCUT2D eigenvalue weighted by molar-refractivity contribution is 0.0396. The fourth-order valence-electron chi connectivity index (χ4n) is 4.63. The number of carbonyl (C=O) groups excluding carboxylic acids is 2. The fourth-order valence-corrected chi connectivity index (χ4v) is 5.63. The Balaban J connectivity index is 0.000000230. The van der Waals surface area contributed by atoms with Gasteiger partial charge in [0.05, 0.1) is 11.1 Å². The van der Waals surface area contributed by atoms with Crippen LogP contribution in [0.3, 0.4) is 0 Å². The van der Waals surface area contributed by atoms with E-state index in [-0.39, 0.29) is 0 Å². The summed E-state index contributed by atoms with van der Waals surface area (Å²) in [7, 11) is 0.769. The number of aryl methyl sites for hydroxylation is 8. The van der Waals surface area contributed by atoms with Crippen LogP contribution in [0.25, 0.3) is 0 Å². The number of hydrogen-bond donors (Lipinski definition) is 0. The summed E-state index contributed by atoms with van der Waals surface area (Å²) in [6, 6.07) is 25.2. The zero-order valence-electron chi connectivity index (χ0n) is 23.7. The molecule has 0 saturated heterocycles. The maximum Gasteiger partial charge on any atom is 0.346 e. The summed E-state index contributed by atoms with van der Waals surface area (Å²) in [5.41, 5.74) is 9.00. The van der Waals surface area contributed by atoms with Gasteiger partial charge in [-0.3, -0.25) is 0 Å². The van der Waals surface area contributed by atoms with Gasteiger partial charge in [0.25, 0.3) is 0 Å². The largest absolute Gasteiger partial charge is 0.386 e. The lowest BCUT2D eigenvalue weighted by Crippen LogP contribution is -2.17. The van der Waals surface area contributed by atoms with Crippen molar-refractivity contribution in [2.75, 3.05) is 0 Å². The van der Waals surface area contributed by atoms with Gasteiger partial charge in [0.2, 0.25) is 0 Å². The minimum atomic E-state index is -0.593. The highest BCUT2D eigenvalue weighted by molar-refractivity contribution is 7.55. The van der Waals surface area contributed by atoms with Crippen molar-refractivity contribution in [2.45, 2.75) is 55.4 Å². The van der Waals surface area contributed by atoms with Crippen LogP contribution in [0.2, 0.25) is 0 Å². The second-order valence-corrected chi connectivity index (χ2v) is 11.5. The van der Waals surface area contributed by atoms with Crippen molar-refractivity contribution >= 4 is 31.1 Å². The Hall–Kier alpha value is -3.55. The van der Waals surface area contributed by atoms with Gasteiger partial charge in [-0.25, -0.2) is 9.59 Å². The topological polar surface area (TPSA) is 43.4 Å². The maximum atomic E-state index is 12.4. The number of ether oxygens (including phenoxy) is 1. The van der Waals surface area contributed by atoms with Crippen LogP contribution in [0, 0.1) is 55.4 Å². The third-order valence-corrected chi connectivity index (χ3v) is 7.58. The van der Waals surface area contributed by atoms with Crippen molar-refractivity contribution in [1.29, 1.82) is 0 Å². The third-order valence-electron chi connectivity index (χ3n) is 6.34. The van der Waals surface area contributed by atoms with E-state index >= 15 is 0 Å². The molecule has 0 aliphatic carbocycles. The molecule has 4 aromatic carbocycles. The summed E-state index contributed by atoms with van der Waals surface area (Å²) >= 11 is 0. The molecule has 0 aliphatic heterocycles. The molecule has 0 N–H and O–H groups in total. The Labute approximate surface area is 229 Å². The second kappa shape index (κ2) is 12.8. The highest BCUT2D eigenvalue weighted by atomic mass is 31.1. The lowest BCUT2D eigenvalue weighted by atomic mass is 9.99. The van der Waals surface area contributed by atoms with Crippen LogP contribution in [0.15, 0.2) is 72.8 Å². The number of rotatable bonds is 4. The van der Waals surface area contributed by atoms with Gasteiger partial charge in [0, 0.05) is 0 Å². The first-order chi connectivity index (χ1) is 17.9. The monoisotopic (exact) mass is 524 g/mol. The molecular weight excluding hydrogens is 487 g/mol. The Morgan fingerprint density at radius 3 is 1.05 bits per heavy atom. The second-order valence-electron chi connectivity index (χ2n) is 10.1. The Morgan fingerprint density at radius 2 is 0.763 bits per heavy atom. The normalized spacial score (nSPS) is 10.4. The van der Waals surface area contributed by atoms with Crippen molar-refractivity contribution < 1.29 is 14.3 Å². The molecule has 0 amide bonds. The van der Waals surface area contributed by atoms with Crippen LogP contribution < -0.4 is 10.6 Å². The van der Waals surface area contributed by atoms with Crippen LogP contribution >= 0.6 is 8.58 Å². The fraction of sp³-hybridized carbons (Fsp3) is 0.235. The van der Waals surface area contributed by atoms with Crippen molar-refractivity contribution in [3.05, 3.63) is 128 Å². The zero-order valence-corrected chi connectivity index (χ0v) is 24.7. The van der Waals surface area contributed by atoms with E-state index in [4.69, 9.17) is 4.74 Å². The van der Waals surface area contributed by atoms with Gasteiger partial charge in [-0.15, -0.1) is 0 Å². The molecule has 4 aromatic rings. The number of hydrogen-bond acceptors (Lipinski definition) is 3. The summed E-state index contributed by atoms with van der Waals surface area (Å²) in [4.78, 5) is 24.9. The summed E-state index contributed by atoms with van der Waals surface area (Å²) in [6.45, 7) is 15.6. The third kappa shape index (κ3) is 7.73. The first-order valence-corrected chi connectivity index (χ1v) is 13.8. The van der Waals surface area contributed by atoms with Gasteiger partial charge in [0.15, 0.2) is 0 Å². The van der Waals surface area contributed by atoms with Crippen LogP contribution in [0.4, 0.5) is 0 Å². The molecule has 0 heterocycles. The van der Waals surface area contributed by atoms with E-state index in [9.17, 15) is 9.59 Å². The van der Waals surface area contributed by atoms with Crippen molar-refractivity contribution in [1.82, 2.24) is 0 Å². The Bertz CT molecular complexity index is 1290. The molecule has 0 fully saturated rings. The number of carbonyl (C=O) groups is 2. The zero-order chi connectivity index (χ0) is 28.0.